The fraction of sp³-hybridized carbons (Fsp3) is 0.643. The molecule has 3 atom stereocenters. The van der Waals surface area contributed by atoms with Crippen LogP contribution >= 0.6 is 0 Å². The second kappa shape index (κ2) is 8.53. The molecule has 118 valence electrons. The summed E-state index contributed by atoms with van der Waals surface area (Å²) in [6, 6.07) is -1.77. The summed E-state index contributed by atoms with van der Waals surface area (Å²) in [6.45, 7) is 4.16. The van der Waals surface area contributed by atoms with Gasteiger partial charge in [-0.05, 0) is 19.9 Å². The maximum Gasteiger partial charge on any atom is 0.321 e. The van der Waals surface area contributed by atoms with E-state index >= 15 is 0 Å². The second-order valence-electron chi connectivity index (χ2n) is 5.14. The average molecular weight is 296 g/mol. The number of unbranched alkanes of at least 4 members (excludes halogenated alkanes) is 2. The van der Waals surface area contributed by atoms with Crippen LogP contribution in [0.2, 0.25) is 0 Å². The smallest absolute Gasteiger partial charge is 0.321 e. The van der Waals surface area contributed by atoms with Crippen LogP contribution in [0.15, 0.2) is 12.5 Å². The lowest BCUT2D eigenvalue weighted by Crippen LogP contribution is -2.48. The molecule has 3 unspecified atom stereocenters. The van der Waals surface area contributed by atoms with Crippen LogP contribution in [0.3, 0.4) is 0 Å². The summed E-state index contributed by atoms with van der Waals surface area (Å²) in [5.74, 6) is -2.30. The number of aromatic nitrogens is 2. The number of aromatic amines is 1. The van der Waals surface area contributed by atoms with Crippen LogP contribution in [-0.4, -0.2) is 45.5 Å². The first-order valence-electron chi connectivity index (χ1n) is 7.23. The third kappa shape index (κ3) is 4.95. The van der Waals surface area contributed by atoms with Crippen molar-refractivity contribution in [1.29, 1.82) is 0 Å². The van der Waals surface area contributed by atoms with Gasteiger partial charge in [0.15, 0.2) is 5.78 Å². The normalized spacial score (nSPS) is 15.4. The van der Waals surface area contributed by atoms with Gasteiger partial charge in [0.25, 0.3) is 0 Å². The molecule has 0 aliphatic carbocycles. The largest absolute Gasteiger partial charge is 0.480 e. The number of H-pyrrole nitrogens is 1. The van der Waals surface area contributed by atoms with Crippen molar-refractivity contribution in [2.75, 3.05) is 6.54 Å². The van der Waals surface area contributed by atoms with Gasteiger partial charge in [0.1, 0.15) is 6.04 Å². The first-order chi connectivity index (χ1) is 9.99. The highest BCUT2D eigenvalue weighted by atomic mass is 16.4. The summed E-state index contributed by atoms with van der Waals surface area (Å²) in [7, 11) is 0. The van der Waals surface area contributed by atoms with Crippen molar-refractivity contribution in [3.8, 4) is 0 Å². The molecule has 0 spiro atoms. The topological polar surface area (TPSA) is 121 Å². The zero-order valence-electron chi connectivity index (χ0n) is 12.5. The minimum Gasteiger partial charge on any atom is -0.480 e. The summed E-state index contributed by atoms with van der Waals surface area (Å²) in [5, 5.41) is 12.4. The van der Waals surface area contributed by atoms with Crippen LogP contribution in [0.1, 0.15) is 44.7 Å². The van der Waals surface area contributed by atoms with Gasteiger partial charge in [0.05, 0.1) is 24.0 Å². The van der Waals surface area contributed by atoms with E-state index in [4.69, 9.17) is 5.73 Å². The minimum absolute atomic E-state index is 0.336. The first kappa shape index (κ1) is 17.3. The molecule has 7 heteroatoms. The van der Waals surface area contributed by atoms with Crippen molar-refractivity contribution in [1.82, 2.24) is 15.3 Å². The second-order valence-corrected chi connectivity index (χ2v) is 5.14. The highest BCUT2D eigenvalue weighted by Crippen LogP contribution is 2.20. The molecular formula is C14H24N4O3. The van der Waals surface area contributed by atoms with E-state index in [-0.39, 0.29) is 5.78 Å². The Morgan fingerprint density at radius 1 is 1.48 bits per heavy atom. The van der Waals surface area contributed by atoms with E-state index in [2.05, 4.69) is 22.2 Å². The molecule has 1 rings (SSSR count). The van der Waals surface area contributed by atoms with Crippen molar-refractivity contribution in [3.05, 3.63) is 18.2 Å². The maximum absolute atomic E-state index is 12.3. The van der Waals surface area contributed by atoms with Crippen molar-refractivity contribution in [2.45, 2.75) is 51.1 Å². The Morgan fingerprint density at radius 3 is 2.67 bits per heavy atom. The number of carbonyl (C=O) groups excluding carboxylic acids is 1. The summed E-state index contributed by atoms with van der Waals surface area (Å²) in [6.07, 6.45) is 5.87. The molecule has 0 radical (unpaired) electrons. The number of ketones is 1. The van der Waals surface area contributed by atoms with E-state index in [9.17, 15) is 14.7 Å². The highest BCUT2D eigenvalue weighted by Gasteiger charge is 2.37. The molecule has 7 nitrogen and oxygen atoms in total. The lowest BCUT2D eigenvalue weighted by Gasteiger charge is -2.24. The number of carboxylic acids is 1. The zero-order chi connectivity index (χ0) is 15.8. The molecule has 0 saturated carbocycles. The molecule has 0 aliphatic heterocycles. The quantitative estimate of drug-likeness (QED) is 0.470. The average Bonchev–Trinajstić information content (AvgIpc) is 2.95. The summed E-state index contributed by atoms with van der Waals surface area (Å²) >= 11 is 0. The number of carboxylic acid groups (broad SMARTS) is 1. The van der Waals surface area contributed by atoms with Gasteiger partial charge in [-0.3, -0.25) is 9.59 Å². The van der Waals surface area contributed by atoms with Crippen molar-refractivity contribution in [2.24, 2.45) is 5.73 Å². The van der Waals surface area contributed by atoms with Crippen molar-refractivity contribution in [3.63, 3.8) is 0 Å². The van der Waals surface area contributed by atoms with Crippen molar-refractivity contribution >= 4 is 11.8 Å². The number of nitrogens with one attached hydrogen (secondary N) is 2. The van der Waals surface area contributed by atoms with Gasteiger partial charge in [0, 0.05) is 6.20 Å². The van der Waals surface area contributed by atoms with E-state index in [1.54, 1.807) is 6.92 Å². The molecule has 1 aromatic rings. The molecule has 5 N–H and O–H groups in total. The lowest BCUT2D eigenvalue weighted by atomic mass is 9.88. The predicted molar refractivity (Wildman–Crippen MR) is 78.9 cm³/mol. The van der Waals surface area contributed by atoms with E-state index in [1.165, 1.54) is 12.5 Å². The van der Waals surface area contributed by atoms with E-state index in [1.807, 2.05) is 0 Å². The van der Waals surface area contributed by atoms with Gasteiger partial charge >= 0.3 is 5.97 Å². The van der Waals surface area contributed by atoms with Gasteiger partial charge in [-0.25, -0.2) is 4.98 Å². The minimum atomic E-state index is -1.08. The third-order valence-corrected chi connectivity index (χ3v) is 3.34. The molecular weight excluding hydrogens is 272 g/mol. The van der Waals surface area contributed by atoms with E-state index in [0.717, 1.165) is 19.3 Å². The van der Waals surface area contributed by atoms with Gasteiger partial charge < -0.3 is 21.1 Å². The summed E-state index contributed by atoms with van der Waals surface area (Å²) < 4.78 is 0. The Kier molecular flexibility index (Phi) is 7.04. The third-order valence-electron chi connectivity index (χ3n) is 3.34. The molecule has 0 bridgehead atoms. The molecule has 21 heavy (non-hydrogen) atoms. The number of Topliss-reactive ketones (excluding diaryl/α,β-unsaturated/α-hetero) is 1. The van der Waals surface area contributed by atoms with Gasteiger partial charge in [0.2, 0.25) is 0 Å². The standard InChI is InChI=1S/C14H24N4O3/c1-3-4-5-6-17-12(14(20)21)11(13(19)9(2)15)10-7-16-8-18-10/h7-9,11-12,17H,3-6,15H2,1-2H3,(H,16,18)(H,20,21). The number of nitrogens with zero attached hydrogens (tertiary/aromatic N) is 1. The van der Waals surface area contributed by atoms with Crippen LogP contribution < -0.4 is 11.1 Å². The summed E-state index contributed by atoms with van der Waals surface area (Å²) in [5.41, 5.74) is 6.05. The van der Waals surface area contributed by atoms with E-state index < -0.39 is 24.0 Å². The lowest BCUT2D eigenvalue weighted by molar-refractivity contribution is -0.142. The SMILES string of the molecule is CCCCCNC(C(=O)O)C(C(=O)C(C)N)c1c[nH]cn1. The Labute approximate surface area is 124 Å². The maximum atomic E-state index is 12.3. The summed E-state index contributed by atoms with van der Waals surface area (Å²) in [4.78, 5) is 30.6. The number of rotatable bonds is 10. The van der Waals surface area contributed by atoms with Crippen LogP contribution in [-0.2, 0) is 9.59 Å². The highest BCUT2D eigenvalue weighted by molar-refractivity contribution is 5.94. The first-order valence-corrected chi connectivity index (χ1v) is 7.23. The van der Waals surface area contributed by atoms with Crippen LogP contribution in [0.5, 0.6) is 0 Å². The Bertz CT molecular complexity index is 445. The molecule has 1 aromatic heterocycles. The van der Waals surface area contributed by atoms with Gasteiger partial charge in [-0.15, -0.1) is 0 Å². The number of hydrogen-bond acceptors (Lipinski definition) is 5. The number of imidazole rings is 1. The van der Waals surface area contributed by atoms with Gasteiger partial charge in [-0.1, -0.05) is 19.8 Å². The number of carbonyl (C=O) groups is 2. The molecule has 0 fully saturated rings. The number of nitrogens with two attached hydrogens (primary N) is 1. The molecule has 0 aliphatic rings. The fourth-order valence-corrected chi connectivity index (χ4v) is 2.19. The molecule has 0 aromatic carbocycles. The Hall–Kier alpha value is -1.73. The van der Waals surface area contributed by atoms with Crippen LogP contribution in [0.4, 0.5) is 0 Å². The fourth-order valence-electron chi connectivity index (χ4n) is 2.19. The van der Waals surface area contributed by atoms with Crippen LogP contribution in [0, 0.1) is 0 Å². The van der Waals surface area contributed by atoms with E-state index in [0.29, 0.717) is 12.2 Å². The number of hydrogen-bond donors (Lipinski definition) is 4. The zero-order valence-corrected chi connectivity index (χ0v) is 12.5. The number of aliphatic carboxylic acids is 1. The van der Waals surface area contributed by atoms with Gasteiger partial charge in [-0.2, -0.15) is 0 Å². The van der Waals surface area contributed by atoms with Crippen molar-refractivity contribution < 1.29 is 14.7 Å². The Balaban J connectivity index is 2.91. The molecule has 0 amide bonds. The predicted octanol–water partition coefficient (Wildman–Crippen LogP) is 0.643. The monoisotopic (exact) mass is 296 g/mol. The molecule has 1 heterocycles. The molecule has 0 saturated heterocycles. The Morgan fingerprint density at radius 2 is 2.19 bits per heavy atom. The van der Waals surface area contributed by atoms with Crippen LogP contribution in [0.25, 0.3) is 0 Å².